The SMILES string of the molecule is C[C@@H](O)[C@H]([NH3+])C(=O)[O-].O=[As](O)(O)O. The molecule has 0 aromatic rings. The molecule has 2 atom stereocenters. The number of carboxylic acid groups (broad SMARTS) is 1. The molecule has 0 saturated carbocycles. The molecule has 0 amide bonds. The number of hydrogen-bond acceptors (Lipinski definition) is 4. The summed E-state index contributed by atoms with van der Waals surface area (Å²) in [6.45, 7) is 1.35. The first-order chi connectivity index (χ1) is 5.55. The van der Waals surface area contributed by atoms with Gasteiger partial charge in [0.1, 0.15) is 12.1 Å². The normalized spacial score (nSPS) is 15.2. The van der Waals surface area contributed by atoms with Crippen molar-refractivity contribution in [3.05, 3.63) is 0 Å². The molecule has 0 rings (SSSR count). The number of rotatable bonds is 2. The van der Waals surface area contributed by atoms with Gasteiger partial charge in [-0.3, -0.25) is 0 Å². The fourth-order valence-electron chi connectivity index (χ4n) is 0.197. The first-order valence-electron chi connectivity index (χ1n) is 3.06. The Morgan fingerprint density at radius 2 is 1.69 bits per heavy atom. The second-order valence-electron chi connectivity index (χ2n) is 2.18. The molecule has 9 heteroatoms. The van der Waals surface area contributed by atoms with Gasteiger partial charge in [-0.25, -0.2) is 0 Å². The molecule has 0 heterocycles. The molecule has 8 nitrogen and oxygen atoms in total. The van der Waals surface area contributed by atoms with Crippen LogP contribution in [-0.4, -0.2) is 50.0 Å². The van der Waals surface area contributed by atoms with Crippen molar-refractivity contribution >= 4 is 20.5 Å². The fraction of sp³-hybridized carbons (Fsp3) is 0.750. The number of aliphatic carboxylic acids is 1. The molecule has 13 heavy (non-hydrogen) atoms. The zero-order chi connectivity index (χ0) is 11.2. The van der Waals surface area contributed by atoms with Crippen LogP contribution in [0.3, 0.4) is 0 Å². The Morgan fingerprint density at radius 3 is 1.69 bits per heavy atom. The van der Waals surface area contributed by atoms with Gasteiger partial charge in [0.05, 0.1) is 0 Å². The zero-order valence-electron chi connectivity index (χ0n) is 6.82. The third kappa shape index (κ3) is 18.5. The van der Waals surface area contributed by atoms with E-state index >= 15 is 0 Å². The molecule has 0 radical (unpaired) electrons. The van der Waals surface area contributed by atoms with E-state index in [0.717, 1.165) is 0 Å². The van der Waals surface area contributed by atoms with Gasteiger partial charge in [0.25, 0.3) is 0 Å². The Morgan fingerprint density at radius 1 is 1.46 bits per heavy atom. The van der Waals surface area contributed by atoms with E-state index in [1.165, 1.54) is 6.92 Å². The van der Waals surface area contributed by atoms with Crippen molar-refractivity contribution in [1.29, 1.82) is 0 Å². The summed E-state index contributed by atoms with van der Waals surface area (Å²) < 4.78 is 30.7. The van der Waals surface area contributed by atoms with E-state index in [2.05, 4.69) is 5.73 Å². The molecule has 0 aromatic carbocycles. The van der Waals surface area contributed by atoms with Crippen LogP contribution in [0, 0.1) is 0 Å². The zero-order valence-corrected chi connectivity index (χ0v) is 8.70. The molecule has 0 fully saturated rings. The number of hydrogen-bond donors (Lipinski definition) is 5. The summed E-state index contributed by atoms with van der Waals surface area (Å²) in [7, 11) is 0. The molecule has 0 aliphatic rings. The van der Waals surface area contributed by atoms with Crippen LogP contribution >= 0.6 is 0 Å². The summed E-state index contributed by atoms with van der Waals surface area (Å²) in [5.41, 5.74) is 3.12. The average Bonchev–Trinajstić information content (AvgIpc) is 1.81. The molecule has 0 spiro atoms. The number of aliphatic hydroxyl groups excluding tert-OH is 1. The van der Waals surface area contributed by atoms with E-state index in [4.69, 9.17) is 21.1 Å². The molecule has 80 valence electrons. The minimum absolute atomic E-state index is 0.931. The first-order valence-corrected chi connectivity index (χ1v) is 6.34. The van der Waals surface area contributed by atoms with Crippen molar-refractivity contribution in [2.75, 3.05) is 0 Å². The van der Waals surface area contributed by atoms with Crippen LogP contribution < -0.4 is 10.8 Å². The van der Waals surface area contributed by atoms with Crippen molar-refractivity contribution in [3.63, 3.8) is 0 Å². The van der Waals surface area contributed by atoms with E-state index in [0.29, 0.717) is 0 Å². The Kier molecular flexibility index (Phi) is 7.14. The monoisotopic (exact) mass is 261 g/mol. The van der Waals surface area contributed by atoms with E-state index in [9.17, 15) is 9.90 Å². The van der Waals surface area contributed by atoms with Gasteiger partial charge in [0.15, 0.2) is 6.04 Å². The van der Waals surface area contributed by atoms with Crippen molar-refractivity contribution in [2.45, 2.75) is 19.1 Å². The van der Waals surface area contributed by atoms with Crippen LogP contribution in [0.1, 0.15) is 6.92 Å². The number of quaternary nitrogens is 1. The second kappa shape index (κ2) is 6.14. The summed E-state index contributed by atoms with van der Waals surface area (Å²) in [4.78, 5) is 9.81. The van der Waals surface area contributed by atoms with E-state index in [1.54, 1.807) is 0 Å². The van der Waals surface area contributed by atoms with Crippen molar-refractivity contribution in [1.82, 2.24) is 0 Å². The molecule has 7 N–H and O–H groups in total. The van der Waals surface area contributed by atoms with E-state index < -0.39 is 32.6 Å². The minimum atomic E-state index is -5.12. The molecule has 0 unspecified atom stereocenters. The predicted octanol–water partition coefficient (Wildman–Crippen LogP) is -5.44. The van der Waals surface area contributed by atoms with Crippen molar-refractivity contribution < 1.29 is 36.8 Å². The van der Waals surface area contributed by atoms with Gasteiger partial charge in [0, 0.05) is 0 Å². The molecule has 0 aliphatic heterocycles. The fourth-order valence-corrected chi connectivity index (χ4v) is 0.197. The molecular weight excluding hydrogens is 249 g/mol. The van der Waals surface area contributed by atoms with Gasteiger partial charge in [-0.05, 0) is 6.92 Å². The Bertz CT molecular complexity index is 190. The molecule has 0 aromatic heterocycles. The van der Waals surface area contributed by atoms with E-state index in [-0.39, 0.29) is 0 Å². The number of carboxylic acids is 1. The maximum atomic E-state index is 9.81. The summed E-state index contributed by atoms with van der Waals surface area (Å²) in [5.74, 6) is -1.32. The number of aliphatic hydroxyl groups is 1. The molecule has 0 bridgehead atoms. The van der Waals surface area contributed by atoms with Crippen LogP contribution in [0.15, 0.2) is 0 Å². The van der Waals surface area contributed by atoms with Crippen LogP contribution in [0.4, 0.5) is 0 Å². The van der Waals surface area contributed by atoms with E-state index in [1.807, 2.05) is 0 Å². The standard InChI is InChI=1S/C4H9NO3.AsH3O4/c1-2(6)3(5)4(7)8;2-1(3,4)5/h2-3,6H,5H2,1H3,(H,7,8);(H3,2,3,4,5)/t2-,3+;/m1./s1. The average molecular weight is 261 g/mol. The Hall–Kier alpha value is -0.372. The number of carbonyl (C=O) groups is 1. The number of carbonyl (C=O) groups excluding carboxylic acids is 1. The van der Waals surface area contributed by atoms with Gasteiger partial charge >= 0.3 is 30.5 Å². The van der Waals surface area contributed by atoms with Crippen LogP contribution in [0.5, 0.6) is 0 Å². The summed E-state index contributed by atoms with van der Waals surface area (Å²) in [6, 6.07) is -1.02. The topological polar surface area (TPSA) is 166 Å². The molecule has 0 aliphatic carbocycles. The summed E-state index contributed by atoms with van der Waals surface area (Å²) >= 11 is -5.12. The third-order valence-electron chi connectivity index (χ3n) is 0.885. The molecular formula is C4H12AsNO7. The Labute approximate surface area is 77.0 Å². The van der Waals surface area contributed by atoms with Crippen LogP contribution in [-0.2, 0) is 8.53 Å². The quantitative estimate of drug-likeness (QED) is 0.309. The van der Waals surface area contributed by atoms with Crippen molar-refractivity contribution in [3.8, 4) is 0 Å². The van der Waals surface area contributed by atoms with Gasteiger partial charge in [-0.1, -0.05) is 0 Å². The molecule has 0 saturated heterocycles. The predicted molar refractivity (Wildman–Crippen MR) is 36.5 cm³/mol. The van der Waals surface area contributed by atoms with Gasteiger partial charge in [-0.15, -0.1) is 0 Å². The maximum absolute atomic E-state index is 9.81. The van der Waals surface area contributed by atoms with Gasteiger partial charge in [0.2, 0.25) is 0 Å². The van der Waals surface area contributed by atoms with Crippen molar-refractivity contribution in [2.24, 2.45) is 0 Å². The van der Waals surface area contributed by atoms with Crippen LogP contribution in [0.2, 0.25) is 0 Å². The third-order valence-corrected chi connectivity index (χ3v) is 0.885. The second-order valence-corrected chi connectivity index (χ2v) is 4.33. The van der Waals surface area contributed by atoms with Crippen LogP contribution in [0.25, 0.3) is 0 Å². The van der Waals surface area contributed by atoms with Gasteiger partial charge < -0.3 is 20.7 Å². The summed E-state index contributed by atoms with van der Waals surface area (Å²) in [5, 5.41) is 18.3. The summed E-state index contributed by atoms with van der Waals surface area (Å²) in [6.07, 6.45) is -0.931. The Balaban J connectivity index is 0. The first kappa shape index (κ1) is 15.1. The van der Waals surface area contributed by atoms with Gasteiger partial charge in [-0.2, -0.15) is 0 Å².